The molecule has 0 spiro atoms. The molecule has 0 amide bonds. The third-order valence-electron chi connectivity index (χ3n) is 7.98. The molecule has 4 fully saturated rings. The highest BCUT2D eigenvalue weighted by Gasteiger charge is 2.54. The van der Waals surface area contributed by atoms with Crippen LogP contribution < -0.4 is 10.1 Å². The van der Waals surface area contributed by atoms with E-state index in [1.54, 1.807) is 13.3 Å². The Morgan fingerprint density at radius 1 is 1.27 bits per heavy atom. The van der Waals surface area contributed by atoms with E-state index in [0.717, 1.165) is 61.2 Å². The van der Waals surface area contributed by atoms with Crippen molar-refractivity contribution in [1.29, 1.82) is 0 Å². The largest absolute Gasteiger partial charge is 0.467 e. The van der Waals surface area contributed by atoms with E-state index in [4.69, 9.17) is 14.7 Å². The molecule has 2 aromatic rings. The number of ether oxygens (including phenoxy) is 1. The molecule has 160 valence electrons. The Balaban J connectivity index is 1.62. The summed E-state index contributed by atoms with van der Waals surface area (Å²) in [4.78, 5) is 16.6. The SMILES string of the molecule is COc1nc(C23CNCC(C2)C(O)C3)c2c([C@@]34CCCN3C[C@H](F)C4)nccc2n1. The van der Waals surface area contributed by atoms with Gasteiger partial charge in [-0.3, -0.25) is 9.88 Å². The lowest BCUT2D eigenvalue weighted by atomic mass is 9.76. The first-order valence-electron chi connectivity index (χ1n) is 11.0. The van der Waals surface area contributed by atoms with Crippen LogP contribution in [0.3, 0.4) is 0 Å². The summed E-state index contributed by atoms with van der Waals surface area (Å²) in [7, 11) is 1.58. The number of pyridine rings is 1. The average Bonchev–Trinajstić information content (AvgIpc) is 3.35. The zero-order valence-electron chi connectivity index (χ0n) is 17.3. The molecule has 0 radical (unpaired) electrons. The van der Waals surface area contributed by atoms with E-state index in [-0.39, 0.29) is 23.0 Å². The zero-order valence-corrected chi connectivity index (χ0v) is 17.3. The van der Waals surface area contributed by atoms with Crippen LogP contribution in [0.1, 0.15) is 43.5 Å². The number of methoxy groups -OCH3 is 1. The number of halogens is 1. The molecule has 1 saturated carbocycles. The maximum absolute atomic E-state index is 14.6. The van der Waals surface area contributed by atoms with E-state index in [9.17, 15) is 9.50 Å². The monoisotopic (exact) mass is 413 g/mol. The minimum absolute atomic E-state index is 0.220. The second-order valence-electron chi connectivity index (χ2n) is 9.64. The Bertz CT molecular complexity index is 1000. The molecule has 7 nitrogen and oxygen atoms in total. The summed E-state index contributed by atoms with van der Waals surface area (Å²) in [6.45, 7) is 2.96. The molecule has 6 rings (SSSR count). The molecule has 0 aromatic carbocycles. The maximum atomic E-state index is 14.6. The van der Waals surface area contributed by atoms with Gasteiger partial charge in [0, 0.05) is 43.1 Å². The number of aliphatic hydroxyl groups is 1. The van der Waals surface area contributed by atoms with E-state index in [1.807, 2.05) is 6.07 Å². The van der Waals surface area contributed by atoms with Gasteiger partial charge >= 0.3 is 6.01 Å². The molecular weight excluding hydrogens is 385 g/mol. The molecule has 2 N–H and O–H groups in total. The van der Waals surface area contributed by atoms with Crippen LogP contribution in [0.25, 0.3) is 10.9 Å². The smallest absolute Gasteiger partial charge is 0.316 e. The Morgan fingerprint density at radius 2 is 2.17 bits per heavy atom. The number of hydrogen-bond acceptors (Lipinski definition) is 7. The van der Waals surface area contributed by atoms with Gasteiger partial charge in [0.25, 0.3) is 0 Å². The molecule has 3 saturated heterocycles. The fraction of sp³-hybridized carbons (Fsp3) is 0.682. The Kier molecular flexibility index (Phi) is 4.11. The molecule has 4 aliphatic rings. The van der Waals surface area contributed by atoms with Crippen LogP contribution in [0.5, 0.6) is 6.01 Å². The Hall–Kier alpha value is -1.90. The van der Waals surface area contributed by atoms with E-state index in [2.05, 4.69) is 15.2 Å². The van der Waals surface area contributed by atoms with Gasteiger partial charge in [-0.1, -0.05) is 0 Å². The summed E-state index contributed by atoms with van der Waals surface area (Å²) in [5.41, 5.74) is 1.93. The summed E-state index contributed by atoms with van der Waals surface area (Å²) in [5, 5.41) is 15.1. The standard InChI is InChI=1S/C22H28FN5O2/c1-30-20-26-15-3-5-25-19(22-4-2-6-28(22)11-14(23)8-22)17(15)18(27-20)21-7-13(10-24-12-21)16(29)9-21/h3,5,13-14,16,24,29H,2,4,6-12H2,1H3/t13?,14-,16?,21?,22+/m1/s1. The predicted octanol–water partition coefficient (Wildman–Crippen LogP) is 1.68. The van der Waals surface area contributed by atoms with Crippen molar-refractivity contribution in [3.05, 3.63) is 23.7 Å². The topological polar surface area (TPSA) is 83.4 Å². The molecule has 1 aliphatic carbocycles. The van der Waals surface area contributed by atoms with E-state index in [0.29, 0.717) is 25.4 Å². The molecule has 5 atom stereocenters. The minimum Gasteiger partial charge on any atom is -0.467 e. The predicted molar refractivity (Wildman–Crippen MR) is 109 cm³/mol. The highest BCUT2D eigenvalue weighted by molar-refractivity contribution is 5.86. The molecule has 8 heteroatoms. The molecular formula is C22H28FN5O2. The molecule has 2 aromatic heterocycles. The van der Waals surface area contributed by atoms with Crippen molar-refractivity contribution >= 4 is 10.9 Å². The quantitative estimate of drug-likeness (QED) is 0.792. The fourth-order valence-electron chi connectivity index (χ4n) is 6.77. The Labute approximate surface area is 175 Å². The average molecular weight is 413 g/mol. The third-order valence-corrected chi connectivity index (χ3v) is 7.98. The van der Waals surface area contributed by atoms with Crippen LogP contribution in [0, 0.1) is 5.92 Å². The summed E-state index contributed by atoms with van der Waals surface area (Å²) in [6, 6.07) is 2.24. The Morgan fingerprint density at radius 3 is 3.03 bits per heavy atom. The third kappa shape index (κ3) is 2.50. The molecule has 2 bridgehead atoms. The number of hydrogen-bond donors (Lipinski definition) is 2. The van der Waals surface area contributed by atoms with Crippen molar-refractivity contribution < 1.29 is 14.2 Å². The number of piperidine rings is 1. The van der Waals surface area contributed by atoms with Gasteiger partial charge in [0.1, 0.15) is 6.17 Å². The lowest BCUT2D eigenvalue weighted by molar-refractivity contribution is 0.135. The second-order valence-corrected chi connectivity index (χ2v) is 9.64. The first kappa shape index (κ1) is 18.8. The lowest BCUT2D eigenvalue weighted by Crippen LogP contribution is -2.43. The van der Waals surface area contributed by atoms with E-state index in [1.165, 1.54) is 0 Å². The van der Waals surface area contributed by atoms with Gasteiger partial charge in [-0.25, -0.2) is 4.39 Å². The highest BCUT2D eigenvalue weighted by atomic mass is 19.1. The van der Waals surface area contributed by atoms with Crippen LogP contribution in [-0.2, 0) is 11.0 Å². The number of aliphatic hydroxyl groups excluding tert-OH is 1. The summed E-state index contributed by atoms with van der Waals surface area (Å²) < 4.78 is 20.0. The first-order chi connectivity index (χ1) is 14.5. The van der Waals surface area contributed by atoms with Gasteiger partial charge < -0.3 is 15.2 Å². The minimum atomic E-state index is -0.836. The zero-order chi connectivity index (χ0) is 20.5. The molecule has 30 heavy (non-hydrogen) atoms. The van der Waals surface area contributed by atoms with Crippen LogP contribution in [-0.4, -0.2) is 70.5 Å². The number of fused-ring (bicyclic) bond motifs is 4. The van der Waals surface area contributed by atoms with Crippen LogP contribution in [0.15, 0.2) is 12.3 Å². The molecule has 3 unspecified atom stereocenters. The summed E-state index contributed by atoms with van der Waals surface area (Å²) in [6.07, 6.45) is 4.57. The van der Waals surface area contributed by atoms with E-state index >= 15 is 0 Å². The van der Waals surface area contributed by atoms with Crippen LogP contribution in [0.2, 0.25) is 0 Å². The molecule has 5 heterocycles. The van der Waals surface area contributed by atoms with Gasteiger partial charge in [-0.2, -0.15) is 9.97 Å². The van der Waals surface area contributed by atoms with Gasteiger partial charge in [0.05, 0.1) is 35.7 Å². The van der Waals surface area contributed by atoms with Crippen molar-refractivity contribution in [3.63, 3.8) is 0 Å². The summed E-state index contributed by atoms with van der Waals surface area (Å²) in [5.74, 6) is 0.220. The number of nitrogens with zero attached hydrogens (tertiary/aromatic N) is 4. The van der Waals surface area contributed by atoms with Crippen molar-refractivity contribution in [3.8, 4) is 6.01 Å². The first-order valence-corrected chi connectivity index (χ1v) is 11.0. The highest BCUT2D eigenvalue weighted by Crippen LogP contribution is 2.52. The van der Waals surface area contributed by atoms with Crippen molar-refractivity contribution in [1.82, 2.24) is 25.2 Å². The second kappa shape index (κ2) is 6.55. The number of aromatic nitrogens is 3. The van der Waals surface area contributed by atoms with Gasteiger partial charge in [-0.15, -0.1) is 0 Å². The van der Waals surface area contributed by atoms with Gasteiger partial charge in [0.2, 0.25) is 0 Å². The summed E-state index contributed by atoms with van der Waals surface area (Å²) >= 11 is 0. The van der Waals surface area contributed by atoms with Crippen molar-refractivity contribution in [2.75, 3.05) is 33.3 Å². The number of rotatable bonds is 3. The van der Waals surface area contributed by atoms with Crippen LogP contribution in [0.4, 0.5) is 4.39 Å². The van der Waals surface area contributed by atoms with Crippen molar-refractivity contribution in [2.45, 2.75) is 55.3 Å². The number of nitrogens with one attached hydrogen (secondary N) is 1. The van der Waals surface area contributed by atoms with Crippen LogP contribution >= 0.6 is 0 Å². The van der Waals surface area contributed by atoms with Gasteiger partial charge in [-0.05, 0) is 44.2 Å². The van der Waals surface area contributed by atoms with Gasteiger partial charge in [0.15, 0.2) is 0 Å². The fourth-order valence-corrected chi connectivity index (χ4v) is 6.77. The van der Waals surface area contributed by atoms with Crippen molar-refractivity contribution in [2.24, 2.45) is 5.92 Å². The molecule has 3 aliphatic heterocycles. The maximum Gasteiger partial charge on any atom is 0.316 e. The van der Waals surface area contributed by atoms with E-state index < -0.39 is 6.17 Å². The number of alkyl halides is 1. The normalized spacial score (nSPS) is 38.3. The lowest BCUT2D eigenvalue weighted by Gasteiger charge is -2.36.